The molecule has 0 saturated carbocycles. The van der Waals surface area contributed by atoms with Crippen LogP contribution in [0.5, 0.6) is 0 Å². The van der Waals surface area contributed by atoms with E-state index in [1.807, 2.05) is 12.1 Å². The Kier molecular flexibility index (Phi) is 3.70. The van der Waals surface area contributed by atoms with Crippen molar-refractivity contribution in [3.05, 3.63) is 66.2 Å². The number of fused-ring (bicyclic) bond motifs is 2. The van der Waals surface area contributed by atoms with Gasteiger partial charge in [-0.15, -0.1) is 0 Å². The van der Waals surface area contributed by atoms with Crippen molar-refractivity contribution in [3.8, 4) is 0 Å². The Balaban J connectivity index is 1.55. The summed E-state index contributed by atoms with van der Waals surface area (Å²) in [4.78, 5) is 20.1. The van der Waals surface area contributed by atoms with E-state index in [4.69, 9.17) is 5.73 Å². The van der Waals surface area contributed by atoms with E-state index in [2.05, 4.69) is 34.2 Å². The molecule has 0 aliphatic carbocycles. The molecular formula is C19H15N3OS. The number of carbonyl (C=O) groups excluding carboxylic acids is 1. The fourth-order valence-corrected chi connectivity index (χ4v) is 3.41. The third-order valence-corrected chi connectivity index (χ3v) is 4.77. The lowest BCUT2D eigenvalue weighted by atomic mass is 10.1. The van der Waals surface area contributed by atoms with Crippen molar-refractivity contribution in [2.24, 2.45) is 0 Å². The SMILES string of the molecule is Nc1ccc(C(=O)CSc2nc3cc4ccccc4cc3[nH]2)cc1. The number of nitrogens with zero attached hydrogens (tertiary/aromatic N) is 1. The Hall–Kier alpha value is -2.79. The van der Waals surface area contributed by atoms with Crippen LogP contribution in [0.2, 0.25) is 0 Å². The summed E-state index contributed by atoms with van der Waals surface area (Å²) >= 11 is 1.41. The Labute approximate surface area is 143 Å². The maximum Gasteiger partial charge on any atom is 0.173 e. The predicted molar refractivity (Wildman–Crippen MR) is 99.5 cm³/mol. The van der Waals surface area contributed by atoms with Crippen LogP contribution in [0.1, 0.15) is 10.4 Å². The molecule has 4 nitrogen and oxygen atoms in total. The minimum absolute atomic E-state index is 0.0608. The number of H-pyrrole nitrogens is 1. The minimum atomic E-state index is 0.0608. The highest BCUT2D eigenvalue weighted by Crippen LogP contribution is 2.25. The Morgan fingerprint density at radius 1 is 1.04 bits per heavy atom. The van der Waals surface area contributed by atoms with Gasteiger partial charge in [-0.3, -0.25) is 4.79 Å². The fourth-order valence-electron chi connectivity index (χ4n) is 2.63. The molecule has 0 aliphatic rings. The maximum absolute atomic E-state index is 12.2. The molecule has 0 atom stereocenters. The first kappa shape index (κ1) is 14.8. The number of nitrogens with one attached hydrogen (secondary N) is 1. The molecule has 0 amide bonds. The van der Waals surface area contributed by atoms with Crippen molar-refractivity contribution in [1.82, 2.24) is 9.97 Å². The van der Waals surface area contributed by atoms with Crippen LogP contribution in [-0.4, -0.2) is 21.5 Å². The zero-order chi connectivity index (χ0) is 16.5. The molecule has 0 aliphatic heterocycles. The second kappa shape index (κ2) is 6.02. The highest BCUT2D eigenvalue weighted by molar-refractivity contribution is 7.99. The topological polar surface area (TPSA) is 71.8 Å². The van der Waals surface area contributed by atoms with E-state index in [0.29, 0.717) is 17.0 Å². The second-order valence-electron chi connectivity index (χ2n) is 5.59. The normalized spacial score (nSPS) is 11.2. The summed E-state index contributed by atoms with van der Waals surface area (Å²) in [5.74, 6) is 0.397. The lowest BCUT2D eigenvalue weighted by Crippen LogP contribution is -2.02. The number of hydrogen-bond acceptors (Lipinski definition) is 4. The van der Waals surface area contributed by atoms with Gasteiger partial charge in [0, 0.05) is 11.3 Å². The number of benzene rings is 3. The summed E-state index contributed by atoms with van der Waals surface area (Å²) in [6.45, 7) is 0. The van der Waals surface area contributed by atoms with Gasteiger partial charge in [-0.2, -0.15) is 0 Å². The molecule has 3 aromatic carbocycles. The first-order chi connectivity index (χ1) is 11.7. The summed E-state index contributed by atoms with van der Waals surface area (Å²) in [5.41, 5.74) is 8.86. The predicted octanol–water partition coefficient (Wildman–Crippen LogP) is 4.27. The number of nitrogen functional groups attached to an aromatic ring is 1. The highest BCUT2D eigenvalue weighted by atomic mass is 32.2. The van der Waals surface area contributed by atoms with E-state index in [1.54, 1.807) is 24.3 Å². The molecule has 0 radical (unpaired) electrons. The van der Waals surface area contributed by atoms with Gasteiger partial charge < -0.3 is 10.7 Å². The van der Waals surface area contributed by atoms with E-state index < -0.39 is 0 Å². The van der Waals surface area contributed by atoms with Crippen LogP contribution in [0.25, 0.3) is 21.8 Å². The number of hydrogen-bond donors (Lipinski definition) is 2. The molecule has 0 unspecified atom stereocenters. The Bertz CT molecular complexity index is 985. The molecular weight excluding hydrogens is 318 g/mol. The Morgan fingerprint density at radius 2 is 1.75 bits per heavy atom. The van der Waals surface area contributed by atoms with E-state index in [9.17, 15) is 4.79 Å². The van der Waals surface area contributed by atoms with Crippen LogP contribution in [0.4, 0.5) is 5.69 Å². The van der Waals surface area contributed by atoms with Crippen molar-refractivity contribution in [2.75, 3.05) is 11.5 Å². The van der Waals surface area contributed by atoms with Crippen molar-refractivity contribution in [1.29, 1.82) is 0 Å². The van der Waals surface area contributed by atoms with Gasteiger partial charge in [0.2, 0.25) is 0 Å². The van der Waals surface area contributed by atoms with Gasteiger partial charge >= 0.3 is 0 Å². The Morgan fingerprint density at radius 3 is 2.50 bits per heavy atom. The zero-order valence-electron chi connectivity index (χ0n) is 12.8. The second-order valence-corrected chi connectivity index (χ2v) is 6.56. The van der Waals surface area contributed by atoms with Crippen LogP contribution in [0.3, 0.4) is 0 Å². The first-order valence-corrected chi connectivity index (χ1v) is 8.58. The quantitative estimate of drug-likeness (QED) is 0.332. The number of anilines is 1. The molecule has 5 heteroatoms. The summed E-state index contributed by atoms with van der Waals surface area (Å²) < 4.78 is 0. The van der Waals surface area contributed by atoms with Crippen molar-refractivity contribution in [3.63, 3.8) is 0 Å². The van der Waals surface area contributed by atoms with Gasteiger partial charge in [0.05, 0.1) is 16.8 Å². The number of nitrogens with two attached hydrogens (primary N) is 1. The summed E-state index contributed by atoms with van der Waals surface area (Å²) in [6.07, 6.45) is 0. The van der Waals surface area contributed by atoms with Gasteiger partial charge in [0.15, 0.2) is 10.9 Å². The molecule has 0 spiro atoms. The van der Waals surface area contributed by atoms with Gasteiger partial charge in [-0.25, -0.2) is 4.98 Å². The van der Waals surface area contributed by atoms with Crippen LogP contribution in [0, 0.1) is 0 Å². The molecule has 118 valence electrons. The monoisotopic (exact) mass is 333 g/mol. The van der Waals surface area contributed by atoms with Crippen LogP contribution in [-0.2, 0) is 0 Å². The van der Waals surface area contributed by atoms with E-state index in [-0.39, 0.29) is 5.78 Å². The van der Waals surface area contributed by atoms with Crippen molar-refractivity contribution >= 4 is 45.0 Å². The average molecular weight is 333 g/mol. The molecule has 4 aromatic rings. The van der Waals surface area contributed by atoms with Crippen molar-refractivity contribution in [2.45, 2.75) is 5.16 Å². The van der Waals surface area contributed by atoms with Crippen LogP contribution in [0.15, 0.2) is 65.8 Å². The smallest absolute Gasteiger partial charge is 0.173 e. The molecule has 0 fully saturated rings. The standard InChI is InChI=1S/C19H15N3OS/c20-15-7-5-12(6-8-15)18(23)11-24-19-21-16-9-13-3-1-2-4-14(13)10-17(16)22-19/h1-10H,11,20H2,(H,21,22). The lowest BCUT2D eigenvalue weighted by molar-refractivity contribution is 0.102. The summed E-state index contributed by atoms with van der Waals surface area (Å²) in [5, 5.41) is 3.08. The summed E-state index contributed by atoms with van der Waals surface area (Å²) in [6, 6.07) is 19.3. The number of aromatic nitrogens is 2. The molecule has 1 aromatic heterocycles. The van der Waals surface area contributed by atoms with Gasteiger partial charge in [0.1, 0.15) is 0 Å². The summed E-state index contributed by atoms with van der Waals surface area (Å²) in [7, 11) is 0. The first-order valence-electron chi connectivity index (χ1n) is 7.59. The number of Topliss-reactive ketones (excluding diaryl/α,β-unsaturated/α-hetero) is 1. The van der Waals surface area contributed by atoms with Gasteiger partial charge in [-0.05, 0) is 47.2 Å². The number of ketones is 1. The third-order valence-electron chi connectivity index (χ3n) is 3.90. The largest absolute Gasteiger partial charge is 0.399 e. The molecule has 0 saturated heterocycles. The van der Waals surface area contributed by atoms with E-state index >= 15 is 0 Å². The van der Waals surface area contributed by atoms with Gasteiger partial charge in [0.25, 0.3) is 0 Å². The lowest BCUT2D eigenvalue weighted by Gasteiger charge is -2.00. The van der Waals surface area contributed by atoms with E-state index in [0.717, 1.165) is 21.6 Å². The van der Waals surface area contributed by atoms with Crippen LogP contribution >= 0.6 is 11.8 Å². The number of rotatable bonds is 4. The number of imidazole rings is 1. The molecule has 3 N–H and O–H groups in total. The van der Waals surface area contributed by atoms with Gasteiger partial charge in [-0.1, -0.05) is 36.0 Å². The highest BCUT2D eigenvalue weighted by Gasteiger charge is 2.10. The number of thioether (sulfide) groups is 1. The molecule has 24 heavy (non-hydrogen) atoms. The van der Waals surface area contributed by atoms with Crippen LogP contribution < -0.4 is 5.73 Å². The number of carbonyl (C=O) groups is 1. The average Bonchev–Trinajstić information content (AvgIpc) is 3.00. The van der Waals surface area contributed by atoms with E-state index in [1.165, 1.54) is 17.1 Å². The van der Waals surface area contributed by atoms with Crippen molar-refractivity contribution < 1.29 is 4.79 Å². The molecule has 1 heterocycles. The molecule has 0 bridgehead atoms. The minimum Gasteiger partial charge on any atom is -0.399 e. The zero-order valence-corrected chi connectivity index (χ0v) is 13.6. The maximum atomic E-state index is 12.2. The molecule has 4 rings (SSSR count). The number of aromatic amines is 1. The third kappa shape index (κ3) is 2.86. The fraction of sp³-hybridized carbons (Fsp3) is 0.0526.